The molecule has 18 heavy (non-hydrogen) atoms. The van der Waals surface area contributed by atoms with Crippen molar-refractivity contribution in [3.05, 3.63) is 40.8 Å². The minimum Gasteiger partial charge on any atom is -0.383 e. The Bertz CT molecular complexity index is 541. The second kappa shape index (κ2) is 5.30. The van der Waals surface area contributed by atoms with Crippen molar-refractivity contribution in [1.82, 2.24) is 9.97 Å². The number of anilines is 3. The molecule has 0 bridgehead atoms. The van der Waals surface area contributed by atoms with Crippen LogP contribution in [0.15, 0.2) is 34.9 Å². The predicted octanol–water partition coefficient (Wildman–Crippen LogP) is 3.12. The molecule has 0 saturated carbocycles. The lowest BCUT2D eigenvalue weighted by Gasteiger charge is -2.21. The van der Waals surface area contributed by atoms with Gasteiger partial charge in [-0.15, -0.1) is 0 Å². The number of halogens is 2. The first kappa shape index (κ1) is 12.8. The molecule has 1 aromatic heterocycles. The Morgan fingerprint density at radius 3 is 2.72 bits per heavy atom. The van der Waals surface area contributed by atoms with Gasteiger partial charge in [0.15, 0.2) is 0 Å². The maximum Gasteiger partial charge on any atom is 0.232 e. The van der Waals surface area contributed by atoms with Crippen LogP contribution in [-0.4, -0.2) is 16.5 Å². The molecule has 0 spiro atoms. The van der Waals surface area contributed by atoms with Crippen LogP contribution in [-0.2, 0) is 0 Å². The summed E-state index contributed by atoms with van der Waals surface area (Å²) in [6, 6.07) is 7.89. The van der Waals surface area contributed by atoms with Gasteiger partial charge in [-0.05, 0) is 41.1 Å². The molecule has 0 aliphatic heterocycles. The zero-order valence-electron chi connectivity index (χ0n) is 9.77. The molecule has 0 saturated heterocycles. The van der Waals surface area contributed by atoms with Crippen LogP contribution in [0.2, 0.25) is 0 Å². The molecule has 4 nitrogen and oxygen atoms in total. The topological polar surface area (TPSA) is 55.0 Å². The zero-order valence-corrected chi connectivity index (χ0v) is 11.4. The van der Waals surface area contributed by atoms with E-state index in [0.717, 1.165) is 0 Å². The second-order valence-corrected chi connectivity index (χ2v) is 4.45. The van der Waals surface area contributed by atoms with Crippen LogP contribution in [0.1, 0.15) is 6.92 Å². The Morgan fingerprint density at radius 1 is 1.33 bits per heavy atom. The summed E-state index contributed by atoms with van der Waals surface area (Å²) in [5.74, 6) is 0.505. The van der Waals surface area contributed by atoms with E-state index in [-0.39, 0.29) is 5.82 Å². The number of nitrogens with zero attached hydrogens (tertiary/aromatic N) is 3. The summed E-state index contributed by atoms with van der Waals surface area (Å²) in [5.41, 5.74) is 6.37. The van der Waals surface area contributed by atoms with Gasteiger partial charge in [-0.25, -0.2) is 9.37 Å². The average molecular weight is 311 g/mol. The molecule has 0 aliphatic carbocycles. The first-order chi connectivity index (χ1) is 8.60. The van der Waals surface area contributed by atoms with E-state index >= 15 is 0 Å². The summed E-state index contributed by atoms with van der Waals surface area (Å²) >= 11 is 3.27. The normalized spacial score (nSPS) is 10.4. The van der Waals surface area contributed by atoms with E-state index in [1.807, 2.05) is 6.92 Å². The summed E-state index contributed by atoms with van der Waals surface area (Å²) in [6.07, 6.45) is 0. The number of aromatic nitrogens is 2. The summed E-state index contributed by atoms with van der Waals surface area (Å²) in [4.78, 5) is 10.2. The zero-order chi connectivity index (χ0) is 13.1. The van der Waals surface area contributed by atoms with Gasteiger partial charge < -0.3 is 10.6 Å². The monoisotopic (exact) mass is 310 g/mol. The van der Waals surface area contributed by atoms with Crippen molar-refractivity contribution >= 4 is 33.4 Å². The van der Waals surface area contributed by atoms with Gasteiger partial charge in [0.2, 0.25) is 5.95 Å². The Balaban J connectivity index is 2.45. The molecular weight excluding hydrogens is 299 g/mol. The number of nitrogens with two attached hydrogens (primary N) is 1. The van der Waals surface area contributed by atoms with E-state index in [1.165, 1.54) is 12.1 Å². The molecule has 2 aromatic rings. The molecule has 1 aromatic carbocycles. The van der Waals surface area contributed by atoms with Crippen molar-refractivity contribution in [1.29, 1.82) is 0 Å². The van der Waals surface area contributed by atoms with Crippen LogP contribution >= 0.6 is 15.9 Å². The van der Waals surface area contributed by atoms with Crippen LogP contribution in [0.3, 0.4) is 0 Å². The minimum atomic E-state index is -0.297. The van der Waals surface area contributed by atoms with Crippen LogP contribution in [0.25, 0.3) is 0 Å². The second-order valence-electron chi connectivity index (χ2n) is 3.64. The van der Waals surface area contributed by atoms with E-state index < -0.39 is 0 Å². The highest BCUT2D eigenvalue weighted by Gasteiger charge is 2.12. The summed E-state index contributed by atoms with van der Waals surface area (Å²) in [5, 5.41) is 0. The number of hydrogen-bond acceptors (Lipinski definition) is 4. The van der Waals surface area contributed by atoms with E-state index in [1.54, 1.807) is 23.1 Å². The molecule has 2 N–H and O–H groups in total. The SMILES string of the molecule is CCN(c1cccc(F)c1)c1nc(N)cc(Br)n1. The molecule has 94 valence electrons. The van der Waals surface area contributed by atoms with E-state index in [2.05, 4.69) is 25.9 Å². The highest BCUT2D eigenvalue weighted by molar-refractivity contribution is 9.10. The molecular formula is C12H12BrFN4. The maximum absolute atomic E-state index is 13.2. The first-order valence-corrected chi connectivity index (χ1v) is 6.22. The summed E-state index contributed by atoms with van der Waals surface area (Å²) in [6.45, 7) is 2.55. The Labute approximate surface area is 113 Å². The lowest BCUT2D eigenvalue weighted by Crippen LogP contribution is -2.19. The van der Waals surface area contributed by atoms with Gasteiger partial charge in [0.05, 0.1) is 0 Å². The van der Waals surface area contributed by atoms with Gasteiger partial charge in [0.25, 0.3) is 0 Å². The lowest BCUT2D eigenvalue weighted by atomic mass is 10.3. The Morgan fingerprint density at radius 2 is 2.11 bits per heavy atom. The first-order valence-electron chi connectivity index (χ1n) is 5.43. The average Bonchev–Trinajstić information content (AvgIpc) is 2.28. The third-order valence-corrected chi connectivity index (χ3v) is 2.79. The molecule has 1 heterocycles. The van der Waals surface area contributed by atoms with E-state index in [4.69, 9.17) is 5.73 Å². The van der Waals surface area contributed by atoms with Crippen molar-refractivity contribution in [2.24, 2.45) is 0 Å². The molecule has 0 fully saturated rings. The fourth-order valence-electron chi connectivity index (χ4n) is 1.63. The van der Waals surface area contributed by atoms with Crippen LogP contribution in [0.5, 0.6) is 0 Å². The maximum atomic E-state index is 13.2. The quantitative estimate of drug-likeness (QED) is 0.885. The Kier molecular flexibility index (Phi) is 3.76. The van der Waals surface area contributed by atoms with Gasteiger partial charge >= 0.3 is 0 Å². The molecule has 2 rings (SSSR count). The highest BCUT2D eigenvalue weighted by atomic mass is 79.9. The number of rotatable bonds is 3. The Hall–Kier alpha value is -1.69. The van der Waals surface area contributed by atoms with Crippen LogP contribution in [0.4, 0.5) is 21.8 Å². The summed E-state index contributed by atoms with van der Waals surface area (Å²) in [7, 11) is 0. The third-order valence-electron chi connectivity index (χ3n) is 2.38. The van der Waals surface area contributed by atoms with Crippen molar-refractivity contribution in [3.8, 4) is 0 Å². The van der Waals surface area contributed by atoms with Gasteiger partial charge in [-0.2, -0.15) is 4.98 Å². The molecule has 0 unspecified atom stereocenters. The van der Waals surface area contributed by atoms with E-state index in [9.17, 15) is 4.39 Å². The van der Waals surface area contributed by atoms with Crippen molar-refractivity contribution in [2.75, 3.05) is 17.2 Å². The predicted molar refractivity (Wildman–Crippen MR) is 73.2 cm³/mol. The lowest BCUT2D eigenvalue weighted by molar-refractivity contribution is 0.627. The highest BCUT2D eigenvalue weighted by Crippen LogP contribution is 2.24. The van der Waals surface area contributed by atoms with Crippen molar-refractivity contribution < 1.29 is 4.39 Å². The minimum absolute atomic E-state index is 0.297. The van der Waals surface area contributed by atoms with E-state index in [0.29, 0.717) is 28.6 Å². The van der Waals surface area contributed by atoms with Gasteiger partial charge in [0.1, 0.15) is 16.2 Å². The number of nitrogen functional groups attached to an aromatic ring is 1. The number of hydrogen-bond donors (Lipinski definition) is 1. The van der Waals surface area contributed by atoms with Gasteiger partial charge in [0, 0.05) is 18.3 Å². The molecule has 0 amide bonds. The van der Waals surface area contributed by atoms with Crippen LogP contribution < -0.4 is 10.6 Å². The smallest absolute Gasteiger partial charge is 0.232 e. The third kappa shape index (κ3) is 2.76. The van der Waals surface area contributed by atoms with Crippen molar-refractivity contribution in [2.45, 2.75) is 6.92 Å². The largest absolute Gasteiger partial charge is 0.383 e. The fourth-order valence-corrected chi connectivity index (χ4v) is 2.02. The van der Waals surface area contributed by atoms with Gasteiger partial charge in [-0.3, -0.25) is 0 Å². The number of benzene rings is 1. The summed E-state index contributed by atoms with van der Waals surface area (Å²) < 4.78 is 13.8. The molecule has 6 heteroatoms. The van der Waals surface area contributed by atoms with Crippen molar-refractivity contribution in [3.63, 3.8) is 0 Å². The standard InChI is InChI=1S/C12H12BrFN4/c1-2-18(9-5-3-4-8(14)6-9)12-16-10(13)7-11(15)17-12/h3-7H,2H2,1H3,(H2,15,16,17). The molecule has 0 radical (unpaired) electrons. The fraction of sp³-hybridized carbons (Fsp3) is 0.167. The molecule has 0 atom stereocenters. The van der Waals surface area contributed by atoms with Gasteiger partial charge in [-0.1, -0.05) is 6.07 Å². The molecule has 0 aliphatic rings. The van der Waals surface area contributed by atoms with Crippen LogP contribution in [0, 0.1) is 5.82 Å².